The summed E-state index contributed by atoms with van der Waals surface area (Å²) >= 11 is 0. The predicted octanol–water partition coefficient (Wildman–Crippen LogP) is 3.38. The molecule has 0 radical (unpaired) electrons. The molecule has 4 nitrogen and oxygen atoms in total. The zero-order chi connectivity index (χ0) is 14.8. The Morgan fingerprint density at radius 2 is 2.19 bits per heavy atom. The van der Waals surface area contributed by atoms with Gasteiger partial charge in [-0.1, -0.05) is 13.0 Å². The predicted molar refractivity (Wildman–Crippen MR) is 84.6 cm³/mol. The molecular weight excluding hydrogens is 260 g/mol. The standard InChI is InChI=1S/C17H24N4/c1-4-16-18-10-12-21(16)17-9-5-7-14(19-17)15-8-6-11-20(15)13(2)3/h5,7,9-10,12-13,15H,4,6,8,11H2,1-3H3. The highest BCUT2D eigenvalue weighted by atomic mass is 15.2. The summed E-state index contributed by atoms with van der Waals surface area (Å²) in [7, 11) is 0. The summed E-state index contributed by atoms with van der Waals surface area (Å²) in [6.07, 6.45) is 7.24. The van der Waals surface area contributed by atoms with E-state index in [0.717, 1.165) is 18.1 Å². The lowest BCUT2D eigenvalue weighted by atomic mass is 10.1. The number of hydrogen-bond donors (Lipinski definition) is 0. The second-order valence-electron chi connectivity index (χ2n) is 5.98. The van der Waals surface area contributed by atoms with Crippen LogP contribution in [0.1, 0.15) is 51.2 Å². The lowest BCUT2D eigenvalue weighted by Gasteiger charge is -2.28. The summed E-state index contributed by atoms with van der Waals surface area (Å²) in [5, 5.41) is 0. The van der Waals surface area contributed by atoms with Crippen molar-refractivity contribution in [1.29, 1.82) is 0 Å². The normalized spacial score (nSPS) is 19.5. The third kappa shape index (κ3) is 2.72. The SMILES string of the molecule is CCc1nccn1-c1cccc(C2CCCN2C(C)C)n1. The molecule has 2 aromatic heterocycles. The van der Waals surface area contributed by atoms with Crippen LogP contribution in [0.3, 0.4) is 0 Å². The number of rotatable bonds is 4. The molecular formula is C17H24N4. The quantitative estimate of drug-likeness (QED) is 0.863. The fourth-order valence-corrected chi connectivity index (χ4v) is 3.29. The minimum atomic E-state index is 0.457. The van der Waals surface area contributed by atoms with E-state index in [1.54, 1.807) is 0 Å². The van der Waals surface area contributed by atoms with Crippen molar-refractivity contribution in [2.24, 2.45) is 0 Å². The maximum atomic E-state index is 4.92. The van der Waals surface area contributed by atoms with Gasteiger partial charge in [0.2, 0.25) is 0 Å². The first-order chi connectivity index (χ1) is 10.2. The molecule has 3 heterocycles. The number of hydrogen-bond acceptors (Lipinski definition) is 3. The molecule has 0 spiro atoms. The Balaban J connectivity index is 1.93. The van der Waals surface area contributed by atoms with E-state index in [1.165, 1.54) is 25.1 Å². The third-order valence-corrected chi connectivity index (χ3v) is 4.34. The molecule has 3 rings (SSSR count). The van der Waals surface area contributed by atoms with Gasteiger partial charge < -0.3 is 0 Å². The first kappa shape index (κ1) is 14.3. The lowest BCUT2D eigenvalue weighted by molar-refractivity contribution is 0.202. The average Bonchev–Trinajstić information content (AvgIpc) is 3.16. The number of aryl methyl sites for hydroxylation is 1. The minimum absolute atomic E-state index is 0.457. The summed E-state index contributed by atoms with van der Waals surface area (Å²) in [5.74, 6) is 2.05. The number of pyridine rings is 1. The molecule has 0 bridgehead atoms. The van der Waals surface area contributed by atoms with E-state index in [2.05, 4.69) is 53.4 Å². The van der Waals surface area contributed by atoms with Gasteiger partial charge >= 0.3 is 0 Å². The van der Waals surface area contributed by atoms with Gasteiger partial charge in [0.15, 0.2) is 0 Å². The molecule has 2 aromatic rings. The average molecular weight is 284 g/mol. The second kappa shape index (κ2) is 5.98. The fourth-order valence-electron chi connectivity index (χ4n) is 3.29. The van der Waals surface area contributed by atoms with Crippen molar-refractivity contribution in [3.8, 4) is 5.82 Å². The van der Waals surface area contributed by atoms with Gasteiger partial charge in [0, 0.05) is 24.9 Å². The number of imidazole rings is 1. The summed E-state index contributed by atoms with van der Waals surface area (Å²) in [6, 6.07) is 7.38. The van der Waals surface area contributed by atoms with Crippen LogP contribution in [0.4, 0.5) is 0 Å². The van der Waals surface area contributed by atoms with Gasteiger partial charge in [0.05, 0.1) is 11.7 Å². The largest absolute Gasteiger partial charge is 0.292 e. The van der Waals surface area contributed by atoms with Crippen molar-refractivity contribution in [3.63, 3.8) is 0 Å². The Kier molecular flexibility index (Phi) is 4.06. The molecule has 112 valence electrons. The Morgan fingerprint density at radius 1 is 1.33 bits per heavy atom. The first-order valence-electron chi connectivity index (χ1n) is 7.96. The van der Waals surface area contributed by atoms with Crippen LogP contribution in [0.2, 0.25) is 0 Å². The molecule has 21 heavy (non-hydrogen) atoms. The first-order valence-corrected chi connectivity index (χ1v) is 7.96. The van der Waals surface area contributed by atoms with Crippen molar-refractivity contribution in [3.05, 3.63) is 42.1 Å². The Bertz CT molecular complexity index is 602. The number of nitrogens with zero attached hydrogens (tertiary/aromatic N) is 4. The topological polar surface area (TPSA) is 34.0 Å². The van der Waals surface area contributed by atoms with Gasteiger partial charge in [-0.25, -0.2) is 9.97 Å². The van der Waals surface area contributed by atoms with E-state index in [9.17, 15) is 0 Å². The molecule has 1 unspecified atom stereocenters. The van der Waals surface area contributed by atoms with Crippen LogP contribution in [0.25, 0.3) is 5.82 Å². The zero-order valence-electron chi connectivity index (χ0n) is 13.2. The highest BCUT2D eigenvalue weighted by Gasteiger charge is 2.28. The molecule has 0 saturated carbocycles. The molecule has 0 N–H and O–H groups in total. The van der Waals surface area contributed by atoms with Crippen molar-refractivity contribution >= 4 is 0 Å². The number of aromatic nitrogens is 3. The maximum Gasteiger partial charge on any atom is 0.138 e. The third-order valence-electron chi connectivity index (χ3n) is 4.34. The van der Waals surface area contributed by atoms with E-state index in [1.807, 2.05) is 12.4 Å². The van der Waals surface area contributed by atoms with Gasteiger partial charge in [0.25, 0.3) is 0 Å². The van der Waals surface area contributed by atoms with Crippen LogP contribution in [-0.4, -0.2) is 32.0 Å². The summed E-state index contributed by atoms with van der Waals surface area (Å²) in [6.45, 7) is 7.85. The molecule has 1 saturated heterocycles. The highest BCUT2D eigenvalue weighted by Crippen LogP contribution is 2.32. The second-order valence-corrected chi connectivity index (χ2v) is 5.98. The van der Waals surface area contributed by atoms with E-state index in [4.69, 9.17) is 4.98 Å². The molecule has 0 aromatic carbocycles. The van der Waals surface area contributed by atoms with E-state index < -0.39 is 0 Å². The summed E-state index contributed by atoms with van der Waals surface area (Å²) in [5.41, 5.74) is 1.19. The summed E-state index contributed by atoms with van der Waals surface area (Å²) in [4.78, 5) is 11.9. The van der Waals surface area contributed by atoms with Crippen molar-refractivity contribution in [2.75, 3.05) is 6.54 Å². The van der Waals surface area contributed by atoms with Crippen LogP contribution in [0.15, 0.2) is 30.6 Å². The van der Waals surface area contributed by atoms with Crippen LogP contribution < -0.4 is 0 Å². The van der Waals surface area contributed by atoms with Crippen molar-refractivity contribution in [1.82, 2.24) is 19.4 Å². The molecule has 0 amide bonds. The van der Waals surface area contributed by atoms with Crippen LogP contribution >= 0.6 is 0 Å². The van der Waals surface area contributed by atoms with Gasteiger partial charge in [-0.15, -0.1) is 0 Å². The van der Waals surface area contributed by atoms with E-state index >= 15 is 0 Å². The maximum absolute atomic E-state index is 4.92. The van der Waals surface area contributed by atoms with E-state index in [0.29, 0.717) is 12.1 Å². The van der Waals surface area contributed by atoms with Crippen LogP contribution in [0, 0.1) is 0 Å². The highest BCUT2D eigenvalue weighted by molar-refractivity contribution is 5.28. The molecule has 0 aliphatic carbocycles. The van der Waals surface area contributed by atoms with Crippen LogP contribution in [-0.2, 0) is 6.42 Å². The summed E-state index contributed by atoms with van der Waals surface area (Å²) < 4.78 is 2.10. The van der Waals surface area contributed by atoms with Gasteiger partial charge in [0.1, 0.15) is 11.6 Å². The van der Waals surface area contributed by atoms with Crippen LogP contribution in [0.5, 0.6) is 0 Å². The molecule has 1 aliphatic rings. The van der Waals surface area contributed by atoms with Crippen molar-refractivity contribution < 1.29 is 0 Å². The Labute approximate surface area is 126 Å². The lowest BCUT2D eigenvalue weighted by Crippen LogP contribution is -2.30. The smallest absolute Gasteiger partial charge is 0.138 e. The monoisotopic (exact) mass is 284 g/mol. The Morgan fingerprint density at radius 3 is 2.95 bits per heavy atom. The van der Waals surface area contributed by atoms with Gasteiger partial charge in [-0.2, -0.15) is 0 Å². The molecule has 4 heteroatoms. The zero-order valence-corrected chi connectivity index (χ0v) is 13.2. The molecule has 1 fully saturated rings. The Hall–Kier alpha value is -1.68. The number of likely N-dealkylation sites (tertiary alicyclic amines) is 1. The van der Waals surface area contributed by atoms with Gasteiger partial charge in [-0.05, 0) is 45.4 Å². The minimum Gasteiger partial charge on any atom is -0.292 e. The van der Waals surface area contributed by atoms with E-state index in [-0.39, 0.29) is 0 Å². The van der Waals surface area contributed by atoms with Gasteiger partial charge in [-0.3, -0.25) is 9.47 Å². The van der Waals surface area contributed by atoms with Crippen molar-refractivity contribution in [2.45, 2.75) is 52.1 Å². The molecule has 1 aliphatic heterocycles. The fraction of sp³-hybridized carbons (Fsp3) is 0.529. The molecule has 1 atom stereocenters.